The Kier molecular flexibility index (Phi) is 6.98. The van der Waals surface area contributed by atoms with Crippen molar-refractivity contribution in [2.75, 3.05) is 13.6 Å². The number of nitrogens with zero attached hydrogens (tertiary/aromatic N) is 1. The van der Waals surface area contributed by atoms with Crippen molar-refractivity contribution in [1.29, 1.82) is 0 Å². The molecule has 102 valence electrons. The second-order valence-electron chi connectivity index (χ2n) is 4.72. The quantitative estimate of drug-likeness (QED) is 0.788. The van der Waals surface area contributed by atoms with Crippen LogP contribution in [0.4, 0.5) is 0 Å². The number of amides is 1. The molecule has 4 heteroatoms. The number of hydrogen-bond acceptors (Lipinski definition) is 3. The Hall–Kier alpha value is -0.870. The lowest BCUT2D eigenvalue weighted by atomic mass is 9.96. The Morgan fingerprint density at radius 3 is 2.83 bits per heavy atom. The van der Waals surface area contributed by atoms with Crippen LogP contribution >= 0.6 is 11.3 Å². The summed E-state index contributed by atoms with van der Waals surface area (Å²) < 4.78 is 0. The normalized spacial score (nSPS) is 12.4. The van der Waals surface area contributed by atoms with Crippen molar-refractivity contribution in [3.8, 4) is 0 Å². The fourth-order valence-electron chi connectivity index (χ4n) is 2.03. The Bertz CT molecular complexity index is 338. The van der Waals surface area contributed by atoms with Gasteiger partial charge in [-0.25, -0.2) is 0 Å². The molecule has 3 nitrogen and oxygen atoms in total. The maximum atomic E-state index is 12.0. The van der Waals surface area contributed by atoms with E-state index in [1.807, 2.05) is 23.4 Å². The van der Waals surface area contributed by atoms with Crippen LogP contribution in [0.5, 0.6) is 0 Å². The van der Waals surface area contributed by atoms with Gasteiger partial charge >= 0.3 is 0 Å². The van der Waals surface area contributed by atoms with E-state index in [0.29, 0.717) is 12.3 Å². The van der Waals surface area contributed by atoms with Gasteiger partial charge in [0.05, 0.1) is 6.54 Å². The molecule has 0 bridgehead atoms. The van der Waals surface area contributed by atoms with E-state index in [2.05, 4.69) is 13.0 Å². The maximum Gasteiger partial charge on any atom is 0.222 e. The first-order valence-electron chi connectivity index (χ1n) is 6.63. The van der Waals surface area contributed by atoms with Crippen molar-refractivity contribution in [2.24, 2.45) is 11.7 Å². The molecule has 1 rings (SSSR count). The maximum absolute atomic E-state index is 12.0. The summed E-state index contributed by atoms with van der Waals surface area (Å²) in [5.41, 5.74) is 5.57. The van der Waals surface area contributed by atoms with E-state index in [1.54, 1.807) is 11.3 Å². The average Bonchev–Trinajstić information content (AvgIpc) is 2.86. The van der Waals surface area contributed by atoms with Crippen LogP contribution < -0.4 is 5.73 Å². The molecular weight excluding hydrogens is 244 g/mol. The van der Waals surface area contributed by atoms with Crippen molar-refractivity contribution in [2.45, 2.75) is 39.2 Å². The Morgan fingerprint density at radius 1 is 1.50 bits per heavy atom. The number of thiophene rings is 1. The molecule has 0 saturated heterocycles. The van der Waals surface area contributed by atoms with Crippen LogP contribution in [0.1, 0.15) is 37.5 Å². The van der Waals surface area contributed by atoms with Gasteiger partial charge in [-0.2, -0.15) is 0 Å². The SMILES string of the molecule is CCC(CCN)CCC(=O)N(C)Cc1cccs1. The van der Waals surface area contributed by atoms with Crippen LogP contribution in [0.3, 0.4) is 0 Å². The zero-order valence-electron chi connectivity index (χ0n) is 11.4. The summed E-state index contributed by atoms with van der Waals surface area (Å²) in [6, 6.07) is 4.09. The summed E-state index contributed by atoms with van der Waals surface area (Å²) in [6.45, 7) is 3.61. The van der Waals surface area contributed by atoms with Gasteiger partial charge in [-0.05, 0) is 36.8 Å². The van der Waals surface area contributed by atoms with E-state index >= 15 is 0 Å². The van der Waals surface area contributed by atoms with E-state index in [4.69, 9.17) is 5.73 Å². The molecule has 0 spiro atoms. The predicted octanol–water partition coefficient (Wildman–Crippen LogP) is 2.86. The fraction of sp³-hybridized carbons (Fsp3) is 0.643. The first-order valence-corrected chi connectivity index (χ1v) is 7.51. The van der Waals surface area contributed by atoms with Crippen molar-refractivity contribution in [3.05, 3.63) is 22.4 Å². The molecule has 18 heavy (non-hydrogen) atoms. The van der Waals surface area contributed by atoms with Gasteiger partial charge in [0.1, 0.15) is 0 Å². The molecule has 1 atom stereocenters. The van der Waals surface area contributed by atoms with Gasteiger partial charge in [0.25, 0.3) is 0 Å². The van der Waals surface area contributed by atoms with Gasteiger partial charge in [-0.3, -0.25) is 4.79 Å². The minimum Gasteiger partial charge on any atom is -0.341 e. The van der Waals surface area contributed by atoms with Crippen molar-refractivity contribution in [1.82, 2.24) is 4.90 Å². The molecule has 0 fully saturated rings. The summed E-state index contributed by atoms with van der Waals surface area (Å²) in [5.74, 6) is 0.827. The van der Waals surface area contributed by atoms with Gasteiger partial charge in [0, 0.05) is 18.3 Å². The van der Waals surface area contributed by atoms with Crippen LogP contribution in [-0.2, 0) is 11.3 Å². The molecule has 0 aliphatic carbocycles. The Morgan fingerprint density at radius 2 is 2.28 bits per heavy atom. The van der Waals surface area contributed by atoms with Gasteiger partial charge < -0.3 is 10.6 Å². The predicted molar refractivity (Wildman–Crippen MR) is 77.5 cm³/mol. The Labute approximate surface area is 114 Å². The smallest absolute Gasteiger partial charge is 0.222 e. The van der Waals surface area contributed by atoms with Gasteiger partial charge in [0.2, 0.25) is 5.91 Å². The summed E-state index contributed by atoms with van der Waals surface area (Å²) >= 11 is 1.70. The highest BCUT2D eigenvalue weighted by molar-refractivity contribution is 7.09. The van der Waals surface area contributed by atoms with Gasteiger partial charge in [-0.1, -0.05) is 19.4 Å². The summed E-state index contributed by atoms with van der Waals surface area (Å²) in [4.78, 5) is 15.0. The molecular formula is C14H24N2OS. The summed E-state index contributed by atoms with van der Waals surface area (Å²) in [5, 5.41) is 2.04. The van der Waals surface area contributed by atoms with E-state index < -0.39 is 0 Å². The number of rotatable bonds is 8. The van der Waals surface area contributed by atoms with Crippen LogP contribution in [0, 0.1) is 5.92 Å². The molecule has 1 aromatic heterocycles. The highest BCUT2D eigenvalue weighted by atomic mass is 32.1. The third-order valence-electron chi connectivity index (χ3n) is 3.32. The third kappa shape index (κ3) is 5.19. The van der Waals surface area contributed by atoms with E-state index in [0.717, 1.165) is 32.4 Å². The molecule has 0 radical (unpaired) electrons. The molecule has 0 aliphatic rings. The largest absolute Gasteiger partial charge is 0.341 e. The molecule has 1 unspecified atom stereocenters. The minimum absolute atomic E-state index is 0.235. The topological polar surface area (TPSA) is 46.3 Å². The van der Waals surface area contributed by atoms with Crippen molar-refractivity contribution in [3.63, 3.8) is 0 Å². The van der Waals surface area contributed by atoms with Crippen LogP contribution in [0.15, 0.2) is 17.5 Å². The monoisotopic (exact) mass is 268 g/mol. The molecule has 0 saturated carbocycles. The number of nitrogens with two attached hydrogens (primary N) is 1. The van der Waals surface area contributed by atoms with Crippen molar-refractivity contribution < 1.29 is 4.79 Å². The molecule has 0 aliphatic heterocycles. The lowest BCUT2D eigenvalue weighted by Crippen LogP contribution is -2.26. The molecule has 2 N–H and O–H groups in total. The van der Waals surface area contributed by atoms with E-state index in [-0.39, 0.29) is 5.91 Å². The second-order valence-corrected chi connectivity index (χ2v) is 5.75. The highest BCUT2D eigenvalue weighted by Gasteiger charge is 2.13. The molecule has 0 aromatic carbocycles. The van der Waals surface area contributed by atoms with Crippen LogP contribution in [0.25, 0.3) is 0 Å². The van der Waals surface area contributed by atoms with Crippen LogP contribution in [-0.4, -0.2) is 24.4 Å². The first kappa shape index (κ1) is 15.2. The van der Waals surface area contributed by atoms with Gasteiger partial charge in [0.15, 0.2) is 0 Å². The zero-order valence-corrected chi connectivity index (χ0v) is 12.2. The summed E-state index contributed by atoms with van der Waals surface area (Å²) in [7, 11) is 1.88. The highest BCUT2D eigenvalue weighted by Crippen LogP contribution is 2.16. The fourth-order valence-corrected chi connectivity index (χ4v) is 2.79. The minimum atomic E-state index is 0.235. The molecule has 1 amide bonds. The number of hydrogen-bond donors (Lipinski definition) is 1. The molecule has 1 aromatic rings. The number of carbonyl (C=O) groups is 1. The van der Waals surface area contributed by atoms with Crippen molar-refractivity contribution >= 4 is 17.2 Å². The lowest BCUT2D eigenvalue weighted by molar-refractivity contribution is -0.130. The van der Waals surface area contributed by atoms with Gasteiger partial charge in [-0.15, -0.1) is 11.3 Å². The first-order chi connectivity index (χ1) is 8.67. The van der Waals surface area contributed by atoms with E-state index in [9.17, 15) is 4.79 Å². The summed E-state index contributed by atoms with van der Waals surface area (Å²) in [6.07, 6.45) is 3.74. The second kappa shape index (κ2) is 8.27. The average molecular weight is 268 g/mol. The Balaban J connectivity index is 2.31. The number of carbonyl (C=O) groups excluding carboxylic acids is 1. The lowest BCUT2D eigenvalue weighted by Gasteiger charge is -2.18. The molecule has 1 heterocycles. The van der Waals surface area contributed by atoms with Crippen LogP contribution in [0.2, 0.25) is 0 Å². The standard InChI is InChI=1S/C14H24N2OS/c1-3-12(8-9-15)6-7-14(17)16(2)11-13-5-4-10-18-13/h4-5,10,12H,3,6-9,11,15H2,1-2H3. The third-order valence-corrected chi connectivity index (χ3v) is 4.18. The van der Waals surface area contributed by atoms with E-state index in [1.165, 1.54) is 4.88 Å². The zero-order chi connectivity index (χ0) is 13.4.